The molecule has 0 saturated heterocycles. The first-order valence-electron chi connectivity index (χ1n) is 3.06. The molecule has 0 amide bonds. The molecule has 26 heavy (non-hydrogen) atoms. The molecule has 0 rings (SSSR count). The van der Waals surface area contributed by atoms with Gasteiger partial charge in [-0.05, 0) is 30.8 Å². The van der Waals surface area contributed by atoms with E-state index in [0.717, 1.165) is 0 Å². The van der Waals surface area contributed by atoms with E-state index in [9.17, 15) is 0 Å². The number of hydrogen-bond donors (Lipinski definition) is 0. The van der Waals surface area contributed by atoms with Crippen molar-refractivity contribution in [2.75, 3.05) is 0 Å². The molecule has 17 nitrogen and oxygen atoms in total. The number of rotatable bonds is 0. The average molecular weight is 470 g/mol. The molecular weight excluding hydrogens is 466 g/mol. The van der Waals surface area contributed by atoms with Gasteiger partial charge >= 0.3 is 110 Å². The van der Waals surface area contributed by atoms with Gasteiger partial charge in [-0.2, -0.15) is 0 Å². The molecule has 0 aromatic carbocycles. The van der Waals surface area contributed by atoms with Crippen molar-refractivity contribution in [3.05, 3.63) is 0 Å². The van der Waals surface area contributed by atoms with Crippen LogP contribution in [0.1, 0.15) is 0 Å². The Bertz CT molecular complexity index is 222. The molecule has 0 atom stereocenters. The number of carbonyl (C=O) groups is 5. The normalized spacial score (nSPS) is 4.62. The Labute approximate surface area is 224 Å². The molecular formula is C5H4Al2Ca2O17. The molecule has 21 heteroatoms. The molecule has 0 saturated carbocycles. The maximum absolute atomic E-state index is 8.33. The molecule has 136 valence electrons. The van der Waals surface area contributed by atoms with Gasteiger partial charge in [0.15, 0.2) is 0 Å². The van der Waals surface area contributed by atoms with E-state index in [0.29, 0.717) is 0 Å². The van der Waals surface area contributed by atoms with Crippen LogP contribution in [0.3, 0.4) is 0 Å². The molecule has 0 heterocycles. The predicted octanol–water partition coefficient (Wildman–Crippen LogP) is -15.4. The second-order valence-electron chi connectivity index (χ2n) is 1.25. The van der Waals surface area contributed by atoms with Crippen molar-refractivity contribution in [3.8, 4) is 0 Å². The average Bonchev–Trinajstić information content (AvgIpc) is 1.94. The Morgan fingerprint density at radius 2 is 0.346 bits per heavy atom. The minimum Gasteiger partial charge on any atom is -0.652 e. The zero-order chi connectivity index (χ0) is 17.9. The van der Waals surface area contributed by atoms with Gasteiger partial charge in [0.05, 0.1) is 0 Å². The van der Waals surface area contributed by atoms with E-state index >= 15 is 0 Å². The van der Waals surface area contributed by atoms with Crippen LogP contribution in [0.25, 0.3) is 0 Å². The van der Waals surface area contributed by atoms with Gasteiger partial charge in [-0.3, -0.25) is 0 Å². The molecule has 0 radical (unpaired) electrons. The van der Waals surface area contributed by atoms with Crippen molar-refractivity contribution < 1.29 is 86.0 Å². The summed E-state index contributed by atoms with van der Waals surface area (Å²) in [5.41, 5.74) is 0. The fraction of sp³-hybridized carbons (Fsp3) is 0. The maximum Gasteiger partial charge on any atom is 3.00 e. The van der Waals surface area contributed by atoms with Crippen molar-refractivity contribution >= 4 is 141 Å². The summed E-state index contributed by atoms with van der Waals surface area (Å²) in [4.78, 5) is 41.7. The SMILES string of the molecule is O.O.O=C([O-])[O-].O=C([O-])[O-].O=C([O-])[O-].O=C([O-])[O-].O=C([O-])[O-].[Al+3].[Al+3].[Ca+2].[Ca+2]. The van der Waals surface area contributed by atoms with E-state index in [4.69, 9.17) is 75.0 Å². The topological polar surface area (TPSA) is 379 Å². The van der Waals surface area contributed by atoms with Crippen LogP contribution in [0.5, 0.6) is 0 Å². The second kappa shape index (κ2) is 64.1. The van der Waals surface area contributed by atoms with Crippen LogP contribution in [0.4, 0.5) is 24.0 Å². The molecule has 0 aliphatic carbocycles. The molecule has 0 aliphatic heterocycles. The fourth-order valence-electron chi connectivity index (χ4n) is 0. The number of carbonyl (C=O) groups excluding carboxylic acids is 5. The molecule has 0 aromatic heterocycles. The molecule has 0 aromatic rings. The summed E-state index contributed by atoms with van der Waals surface area (Å²) in [5, 5.41) is 83.3. The van der Waals surface area contributed by atoms with Crippen LogP contribution < -0.4 is 51.1 Å². The van der Waals surface area contributed by atoms with Gasteiger partial charge in [0.2, 0.25) is 0 Å². The van der Waals surface area contributed by atoms with Crippen LogP contribution in [-0.2, 0) is 0 Å². The van der Waals surface area contributed by atoms with Crippen LogP contribution in [0, 0.1) is 0 Å². The summed E-state index contributed by atoms with van der Waals surface area (Å²) in [6.45, 7) is 0. The van der Waals surface area contributed by atoms with Crippen LogP contribution in [0.2, 0.25) is 0 Å². The first kappa shape index (κ1) is 72.4. The summed E-state index contributed by atoms with van der Waals surface area (Å²) in [6.07, 6.45) is -11.7. The Morgan fingerprint density at radius 3 is 0.346 bits per heavy atom. The van der Waals surface area contributed by atoms with E-state index < -0.39 is 30.8 Å². The van der Waals surface area contributed by atoms with Crippen molar-refractivity contribution in [2.24, 2.45) is 0 Å². The Kier molecular flexibility index (Phi) is 178. The van der Waals surface area contributed by atoms with Gasteiger partial charge in [-0.25, -0.2) is 0 Å². The summed E-state index contributed by atoms with van der Waals surface area (Å²) in [5.74, 6) is 0. The van der Waals surface area contributed by atoms with Gasteiger partial charge in [0.1, 0.15) is 0 Å². The summed E-state index contributed by atoms with van der Waals surface area (Å²) < 4.78 is 0. The van der Waals surface area contributed by atoms with Crippen molar-refractivity contribution in [3.63, 3.8) is 0 Å². The van der Waals surface area contributed by atoms with E-state index in [2.05, 4.69) is 0 Å². The molecule has 0 aliphatic rings. The van der Waals surface area contributed by atoms with E-state index in [-0.39, 0.29) is 121 Å². The molecule has 4 N–H and O–H groups in total. The quantitative estimate of drug-likeness (QED) is 0.296. The fourth-order valence-corrected chi connectivity index (χ4v) is 0. The minimum absolute atomic E-state index is 0. The smallest absolute Gasteiger partial charge is 0.652 e. The van der Waals surface area contributed by atoms with Gasteiger partial charge in [-0.15, -0.1) is 0 Å². The third-order valence-corrected chi connectivity index (χ3v) is 0. The minimum atomic E-state index is -2.33. The first-order valence-corrected chi connectivity index (χ1v) is 3.06. The van der Waals surface area contributed by atoms with E-state index in [1.54, 1.807) is 0 Å². The molecule has 0 spiro atoms. The Balaban J connectivity index is -0.0000000114. The number of carboxylic acid groups (broad SMARTS) is 10. The predicted molar refractivity (Wildman–Crippen MR) is 57.2 cm³/mol. The Morgan fingerprint density at radius 1 is 0.346 bits per heavy atom. The monoisotopic (exact) mass is 470 g/mol. The van der Waals surface area contributed by atoms with Crippen LogP contribution >= 0.6 is 0 Å². The van der Waals surface area contributed by atoms with Gasteiger partial charge in [0, 0.05) is 0 Å². The maximum atomic E-state index is 8.33. The van der Waals surface area contributed by atoms with Crippen LogP contribution in [0.15, 0.2) is 0 Å². The van der Waals surface area contributed by atoms with Gasteiger partial charge in [-0.1, -0.05) is 0 Å². The Hall–Kier alpha value is -0.146. The van der Waals surface area contributed by atoms with Crippen molar-refractivity contribution in [1.82, 2.24) is 0 Å². The second-order valence-corrected chi connectivity index (χ2v) is 1.25. The molecule has 0 fully saturated rings. The molecule has 0 bridgehead atoms. The summed E-state index contributed by atoms with van der Waals surface area (Å²) >= 11 is 0. The zero-order valence-corrected chi connectivity index (χ0v) is 18.9. The van der Waals surface area contributed by atoms with Gasteiger partial charge < -0.3 is 86.0 Å². The van der Waals surface area contributed by atoms with Gasteiger partial charge in [0.25, 0.3) is 0 Å². The third kappa shape index (κ3) is 588000. The largest absolute Gasteiger partial charge is 3.00 e. The standard InChI is InChI=1S/5CH2O3.2Al.2Ca.2H2O/c5*2-1(3)4;;;;;;/h5*(H2,2,3,4);;;;;2*1H2/q;;;;;2*+3;2*+2;;/p-10. The molecule has 0 unspecified atom stereocenters. The zero-order valence-electron chi connectivity index (χ0n) is 12.2. The summed E-state index contributed by atoms with van der Waals surface area (Å²) in [7, 11) is 0. The first-order chi connectivity index (χ1) is 8.66. The van der Waals surface area contributed by atoms with E-state index in [1.165, 1.54) is 0 Å². The third-order valence-electron chi connectivity index (χ3n) is 0. The number of hydrogen-bond acceptors (Lipinski definition) is 15. The van der Waals surface area contributed by atoms with Crippen LogP contribution in [-0.4, -0.2) is 152 Å². The van der Waals surface area contributed by atoms with E-state index in [1.807, 2.05) is 0 Å². The van der Waals surface area contributed by atoms with Crippen molar-refractivity contribution in [1.29, 1.82) is 0 Å². The summed E-state index contributed by atoms with van der Waals surface area (Å²) in [6, 6.07) is 0. The van der Waals surface area contributed by atoms with Crippen molar-refractivity contribution in [2.45, 2.75) is 0 Å².